The number of pyridine rings is 2. The first-order valence-corrected chi connectivity index (χ1v) is 13.5. The topological polar surface area (TPSA) is 83.1 Å². The summed E-state index contributed by atoms with van der Waals surface area (Å²) >= 11 is 0. The largest absolute Gasteiger partial charge is 0.378 e. The zero-order valence-electron chi connectivity index (χ0n) is 22.0. The number of ether oxygens (including phenoxy) is 2. The molecule has 11 heteroatoms. The van der Waals surface area contributed by atoms with Crippen molar-refractivity contribution in [3.63, 3.8) is 0 Å². The third kappa shape index (κ3) is 5.08. The molecule has 0 spiro atoms. The van der Waals surface area contributed by atoms with Gasteiger partial charge in [-0.3, -0.25) is 9.69 Å². The predicted molar refractivity (Wildman–Crippen MR) is 146 cm³/mol. The highest BCUT2D eigenvalue weighted by atomic mass is 19.1. The van der Waals surface area contributed by atoms with Crippen LogP contribution >= 0.6 is 0 Å². The molecule has 6 rings (SSSR count). The summed E-state index contributed by atoms with van der Waals surface area (Å²) in [4.78, 5) is 28.3. The second-order valence-electron chi connectivity index (χ2n) is 10.1. The lowest BCUT2D eigenvalue weighted by atomic mass is 10.0. The van der Waals surface area contributed by atoms with E-state index < -0.39 is 11.6 Å². The third-order valence-electron chi connectivity index (χ3n) is 7.60. The van der Waals surface area contributed by atoms with E-state index in [9.17, 15) is 9.18 Å². The fraction of sp³-hybridized carbons (Fsp3) is 0.464. The van der Waals surface area contributed by atoms with Crippen molar-refractivity contribution in [3.8, 4) is 0 Å². The summed E-state index contributed by atoms with van der Waals surface area (Å²) < 4.78 is 40.8. The summed E-state index contributed by atoms with van der Waals surface area (Å²) in [5, 5.41) is 3.64. The maximum atomic E-state index is 15.4. The Labute approximate surface area is 225 Å². The summed E-state index contributed by atoms with van der Waals surface area (Å²) in [7, 11) is 0. The van der Waals surface area contributed by atoms with Gasteiger partial charge in [-0.1, -0.05) is 0 Å². The van der Waals surface area contributed by atoms with Crippen LogP contribution in [0.2, 0.25) is 0 Å². The van der Waals surface area contributed by atoms with Crippen LogP contribution in [-0.2, 0) is 14.3 Å². The van der Waals surface area contributed by atoms with E-state index in [1.54, 1.807) is 4.90 Å². The third-order valence-corrected chi connectivity index (χ3v) is 7.60. The molecule has 1 N–H and O–H groups in total. The number of carbonyl (C=O) groups is 1. The monoisotopic (exact) mass is 538 g/mol. The van der Waals surface area contributed by atoms with Gasteiger partial charge < -0.3 is 24.6 Å². The van der Waals surface area contributed by atoms with Crippen molar-refractivity contribution in [2.24, 2.45) is 0 Å². The molecule has 9 nitrogen and oxygen atoms in total. The van der Waals surface area contributed by atoms with Gasteiger partial charge >= 0.3 is 0 Å². The SMILES string of the molecule is Cc1c(N2CCCCC2=O)nc2cc(F)cc(F)c2c1Nc1cc(N2CCOCC2)cnc1N1CCOCC1. The van der Waals surface area contributed by atoms with E-state index in [0.29, 0.717) is 75.2 Å². The first-order chi connectivity index (χ1) is 19.0. The maximum absolute atomic E-state index is 15.4. The number of piperidine rings is 1. The molecule has 3 aliphatic heterocycles. The minimum atomic E-state index is -0.719. The van der Waals surface area contributed by atoms with Gasteiger partial charge in [0.1, 0.15) is 17.5 Å². The van der Waals surface area contributed by atoms with Crippen molar-refractivity contribution in [3.05, 3.63) is 41.6 Å². The molecule has 3 saturated heterocycles. The number of nitrogens with one attached hydrogen (secondary N) is 1. The molecule has 0 bridgehead atoms. The average Bonchev–Trinajstić information content (AvgIpc) is 2.95. The number of fused-ring (bicyclic) bond motifs is 1. The predicted octanol–water partition coefficient (Wildman–Crippen LogP) is 4.15. The lowest BCUT2D eigenvalue weighted by Gasteiger charge is -2.33. The molecule has 0 unspecified atom stereocenters. The maximum Gasteiger partial charge on any atom is 0.228 e. The fourth-order valence-electron chi connectivity index (χ4n) is 5.54. The van der Waals surface area contributed by atoms with Crippen LogP contribution < -0.4 is 20.0 Å². The molecule has 5 heterocycles. The molecule has 2 aromatic heterocycles. The zero-order valence-corrected chi connectivity index (χ0v) is 22.0. The molecule has 3 aromatic rings. The van der Waals surface area contributed by atoms with Crippen LogP contribution in [0.5, 0.6) is 0 Å². The van der Waals surface area contributed by atoms with E-state index in [0.717, 1.165) is 43.5 Å². The molecular weight excluding hydrogens is 506 g/mol. The van der Waals surface area contributed by atoms with Crippen LogP contribution in [0.3, 0.4) is 0 Å². The van der Waals surface area contributed by atoms with Crippen molar-refractivity contribution in [1.29, 1.82) is 0 Å². The second kappa shape index (κ2) is 10.9. The number of aromatic nitrogens is 2. The summed E-state index contributed by atoms with van der Waals surface area (Å²) in [6, 6.07) is 4.10. The van der Waals surface area contributed by atoms with Crippen LogP contribution in [0.15, 0.2) is 24.4 Å². The Morgan fingerprint density at radius 2 is 1.62 bits per heavy atom. The molecule has 1 aromatic carbocycles. The van der Waals surface area contributed by atoms with Gasteiger partial charge in [-0.25, -0.2) is 18.7 Å². The van der Waals surface area contributed by atoms with Crippen LogP contribution in [0, 0.1) is 18.6 Å². The van der Waals surface area contributed by atoms with Gasteiger partial charge in [0.05, 0.1) is 60.6 Å². The number of nitrogens with zero attached hydrogens (tertiary/aromatic N) is 5. The van der Waals surface area contributed by atoms with E-state index >= 15 is 4.39 Å². The summed E-state index contributed by atoms with van der Waals surface area (Å²) in [6.45, 7) is 7.58. The lowest BCUT2D eigenvalue weighted by molar-refractivity contribution is -0.119. The van der Waals surface area contributed by atoms with Gasteiger partial charge in [0.25, 0.3) is 0 Å². The van der Waals surface area contributed by atoms with Gasteiger partial charge in [0.15, 0.2) is 5.82 Å². The smallest absolute Gasteiger partial charge is 0.228 e. The average molecular weight is 539 g/mol. The number of morpholine rings is 2. The van der Waals surface area contributed by atoms with Gasteiger partial charge in [-0.2, -0.15) is 0 Å². The van der Waals surface area contributed by atoms with Gasteiger partial charge in [-0.05, 0) is 25.8 Å². The zero-order chi connectivity index (χ0) is 26.9. The first-order valence-electron chi connectivity index (χ1n) is 13.5. The number of amides is 1. The normalized spacial score (nSPS) is 18.6. The first kappa shape index (κ1) is 25.7. The van der Waals surface area contributed by atoms with Crippen molar-refractivity contribution >= 4 is 45.5 Å². The highest BCUT2D eigenvalue weighted by Gasteiger charge is 2.27. The van der Waals surface area contributed by atoms with Gasteiger partial charge in [-0.15, -0.1) is 0 Å². The van der Waals surface area contributed by atoms with Crippen molar-refractivity contribution < 1.29 is 23.0 Å². The number of carbonyl (C=O) groups excluding carboxylic acids is 1. The standard InChI is InChI=1S/C28H32F2N6O3/c1-18-26(25-21(30)14-19(29)15-22(25)33-27(18)36-5-3-2-4-24(36)37)32-23-16-20(34-6-10-38-11-7-34)17-31-28(23)35-8-12-39-13-9-35/h14-17H,2-13H2,1H3,(H,32,33). The van der Waals surface area contributed by atoms with E-state index in [4.69, 9.17) is 14.5 Å². The molecule has 0 saturated carbocycles. The van der Waals surface area contributed by atoms with E-state index in [-0.39, 0.29) is 16.8 Å². The Morgan fingerprint density at radius 1 is 0.897 bits per heavy atom. The minimum absolute atomic E-state index is 0.0380. The highest BCUT2D eigenvalue weighted by molar-refractivity contribution is 6.02. The van der Waals surface area contributed by atoms with Gasteiger partial charge in [0.2, 0.25) is 5.91 Å². The molecule has 39 heavy (non-hydrogen) atoms. The number of hydrogen-bond donors (Lipinski definition) is 1. The van der Waals surface area contributed by atoms with Gasteiger partial charge in [0, 0.05) is 56.8 Å². The molecule has 3 aliphatic rings. The summed E-state index contributed by atoms with van der Waals surface area (Å²) in [5.74, 6) is -0.334. The highest BCUT2D eigenvalue weighted by Crippen LogP contribution is 2.40. The van der Waals surface area contributed by atoms with Crippen LogP contribution in [0.4, 0.5) is 37.5 Å². The Hall–Kier alpha value is -3.57. The molecule has 1 amide bonds. The van der Waals surface area contributed by atoms with Crippen molar-refractivity contribution in [2.75, 3.05) is 79.2 Å². The molecule has 0 atom stereocenters. The van der Waals surface area contributed by atoms with Crippen molar-refractivity contribution in [1.82, 2.24) is 9.97 Å². The van der Waals surface area contributed by atoms with E-state index in [2.05, 4.69) is 20.1 Å². The number of anilines is 5. The molecule has 206 valence electrons. The number of rotatable bonds is 5. The Bertz CT molecular complexity index is 1390. The Morgan fingerprint density at radius 3 is 2.33 bits per heavy atom. The molecule has 0 radical (unpaired) electrons. The quantitative estimate of drug-likeness (QED) is 0.519. The van der Waals surface area contributed by atoms with E-state index in [1.165, 1.54) is 6.07 Å². The summed E-state index contributed by atoms with van der Waals surface area (Å²) in [5.41, 5.74) is 2.83. The van der Waals surface area contributed by atoms with E-state index in [1.807, 2.05) is 19.2 Å². The van der Waals surface area contributed by atoms with Crippen LogP contribution in [0.25, 0.3) is 10.9 Å². The van der Waals surface area contributed by atoms with Crippen LogP contribution in [0.1, 0.15) is 24.8 Å². The number of benzene rings is 1. The Balaban J connectivity index is 1.50. The lowest BCUT2D eigenvalue weighted by Crippen LogP contribution is -2.38. The fourth-order valence-corrected chi connectivity index (χ4v) is 5.54. The molecule has 0 aliphatic carbocycles. The number of hydrogen-bond acceptors (Lipinski definition) is 8. The van der Waals surface area contributed by atoms with Crippen LogP contribution in [-0.4, -0.2) is 75.0 Å². The molecular formula is C28H32F2N6O3. The number of halogens is 2. The minimum Gasteiger partial charge on any atom is -0.378 e. The second-order valence-corrected chi connectivity index (χ2v) is 10.1. The Kier molecular flexibility index (Phi) is 7.18. The summed E-state index contributed by atoms with van der Waals surface area (Å²) in [6.07, 6.45) is 3.94. The molecule has 3 fully saturated rings. The van der Waals surface area contributed by atoms with Crippen molar-refractivity contribution in [2.45, 2.75) is 26.2 Å².